The first kappa shape index (κ1) is 17.0. The standard InChI is InChI=1S/C13H16Br3NO2/c1-3-5-11(13(18)19-4-2)17-12-9(15)6-8(14)7-10(12)16/h6-7,11,17H,3-5H2,1-2H3. The summed E-state index contributed by atoms with van der Waals surface area (Å²) in [5.41, 5.74) is 0.856. The number of esters is 1. The number of carbonyl (C=O) groups is 1. The average molecular weight is 458 g/mol. The molecule has 0 saturated carbocycles. The summed E-state index contributed by atoms with van der Waals surface area (Å²) in [7, 11) is 0. The van der Waals surface area contributed by atoms with Crippen molar-refractivity contribution in [1.29, 1.82) is 0 Å². The molecule has 1 atom stereocenters. The van der Waals surface area contributed by atoms with Gasteiger partial charge in [-0.15, -0.1) is 0 Å². The number of carbonyl (C=O) groups excluding carboxylic acids is 1. The molecule has 1 rings (SSSR count). The normalized spacial score (nSPS) is 12.1. The van der Waals surface area contributed by atoms with Crippen molar-refractivity contribution in [3.63, 3.8) is 0 Å². The number of rotatable bonds is 6. The molecule has 0 radical (unpaired) electrons. The second-order valence-corrected chi connectivity index (χ2v) is 6.61. The molecule has 6 heteroatoms. The third kappa shape index (κ3) is 5.08. The van der Waals surface area contributed by atoms with Crippen molar-refractivity contribution in [2.75, 3.05) is 11.9 Å². The molecule has 1 N–H and O–H groups in total. The summed E-state index contributed by atoms with van der Waals surface area (Å²) in [5, 5.41) is 3.24. The van der Waals surface area contributed by atoms with Crippen LogP contribution in [0.2, 0.25) is 0 Å². The van der Waals surface area contributed by atoms with Crippen LogP contribution in [-0.4, -0.2) is 18.6 Å². The molecule has 0 spiro atoms. The van der Waals surface area contributed by atoms with Crippen molar-refractivity contribution in [3.8, 4) is 0 Å². The zero-order chi connectivity index (χ0) is 14.4. The summed E-state index contributed by atoms with van der Waals surface area (Å²) in [4.78, 5) is 11.9. The van der Waals surface area contributed by atoms with Crippen molar-refractivity contribution in [1.82, 2.24) is 0 Å². The lowest BCUT2D eigenvalue weighted by Crippen LogP contribution is -2.31. The summed E-state index contributed by atoms with van der Waals surface area (Å²) in [6.07, 6.45) is 1.63. The Balaban J connectivity index is 2.93. The van der Waals surface area contributed by atoms with Gasteiger partial charge in [-0.1, -0.05) is 29.3 Å². The molecule has 106 valence electrons. The van der Waals surface area contributed by atoms with Crippen LogP contribution in [0.25, 0.3) is 0 Å². The Bertz CT molecular complexity index is 429. The van der Waals surface area contributed by atoms with E-state index in [1.165, 1.54) is 0 Å². The second-order valence-electron chi connectivity index (χ2n) is 3.98. The Labute approximate surface area is 138 Å². The van der Waals surface area contributed by atoms with Gasteiger partial charge in [-0.3, -0.25) is 0 Å². The zero-order valence-corrected chi connectivity index (χ0v) is 15.6. The Hall–Kier alpha value is -0.0700. The molecule has 0 heterocycles. The van der Waals surface area contributed by atoms with Gasteiger partial charge in [0.1, 0.15) is 6.04 Å². The van der Waals surface area contributed by atoms with E-state index in [4.69, 9.17) is 4.74 Å². The van der Waals surface area contributed by atoms with Gasteiger partial charge < -0.3 is 10.1 Å². The fraction of sp³-hybridized carbons (Fsp3) is 0.462. The number of ether oxygens (including phenoxy) is 1. The third-order valence-corrected chi connectivity index (χ3v) is 4.18. The highest BCUT2D eigenvalue weighted by molar-refractivity contribution is 9.11. The highest BCUT2D eigenvalue weighted by Gasteiger charge is 2.20. The van der Waals surface area contributed by atoms with Crippen molar-refractivity contribution in [2.45, 2.75) is 32.7 Å². The summed E-state index contributed by atoms with van der Waals surface area (Å²) >= 11 is 10.4. The number of hydrogen-bond acceptors (Lipinski definition) is 3. The molecule has 0 bridgehead atoms. The fourth-order valence-corrected chi connectivity index (χ4v) is 4.12. The van der Waals surface area contributed by atoms with E-state index in [0.717, 1.165) is 31.9 Å². The molecule has 1 aromatic carbocycles. The summed E-state index contributed by atoms with van der Waals surface area (Å²) in [6, 6.07) is 3.53. The van der Waals surface area contributed by atoms with E-state index in [-0.39, 0.29) is 12.0 Å². The Kier molecular flexibility index (Phi) is 7.39. The summed E-state index contributed by atoms with van der Waals surface area (Å²) < 4.78 is 7.83. The molecule has 1 aromatic rings. The van der Waals surface area contributed by atoms with E-state index in [1.807, 2.05) is 26.0 Å². The lowest BCUT2D eigenvalue weighted by atomic mass is 10.1. The molecule has 0 amide bonds. The predicted octanol–water partition coefficient (Wildman–Crippen LogP) is 5.12. The monoisotopic (exact) mass is 455 g/mol. The molecule has 1 unspecified atom stereocenters. The molecule has 0 aliphatic heterocycles. The van der Waals surface area contributed by atoms with Crippen LogP contribution in [-0.2, 0) is 9.53 Å². The number of nitrogens with one attached hydrogen (secondary N) is 1. The van der Waals surface area contributed by atoms with E-state index in [2.05, 4.69) is 53.1 Å². The van der Waals surface area contributed by atoms with Gasteiger partial charge in [-0.25, -0.2) is 4.79 Å². The molecular weight excluding hydrogens is 442 g/mol. The molecule has 0 aromatic heterocycles. The minimum Gasteiger partial charge on any atom is -0.464 e. The van der Waals surface area contributed by atoms with Gasteiger partial charge in [-0.2, -0.15) is 0 Å². The van der Waals surface area contributed by atoms with Crippen LogP contribution >= 0.6 is 47.8 Å². The first-order valence-corrected chi connectivity index (χ1v) is 8.45. The first-order valence-electron chi connectivity index (χ1n) is 6.07. The Morgan fingerprint density at radius 1 is 1.26 bits per heavy atom. The maximum Gasteiger partial charge on any atom is 0.328 e. The SMILES string of the molecule is CCCC(Nc1c(Br)cc(Br)cc1Br)C(=O)OCC. The molecule has 0 aliphatic rings. The van der Waals surface area contributed by atoms with Crippen molar-refractivity contribution >= 4 is 59.4 Å². The van der Waals surface area contributed by atoms with Crippen LogP contribution in [0, 0.1) is 0 Å². The minimum absolute atomic E-state index is 0.217. The van der Waals surface area contributed by atoms with Gasteiger partial charge in [-0.05, 0) is 57.3 Å². The van der Waals surface area contributed by atoms with E-state index in [1.54, 1.807) is 0 Å². The topological polar surface area (TPSA) is 38.3 Å². The highest BCUT2D eigenvalue weighted by Crippen LogP contribution is 2.35. The van der Waals surface area contributed by atoms with Gasteiger partial charge >= 0.3 is 5.97 Å². The minimum atomic E-state index is -0.335. The second kappa shape index (κ2) is 8.27. The molecule has 0 aliphatic carbocycles. The third-order valence-electron chi connectivity index (χ3n) is 2.47. The van der Waals surface area contributed by atoms with E-state index < -0.39 is 0 Å². The van der Waals surface area contributed by atoms with E-state index in [9.17, 15) is 4.79 Å². The van der Waals surface area contributed by atoms with Crippen LogP contribution in [0.3, 0.4) is 0 Å². The van der Waals surface area contributed by atoms with Gasteiger partial charge in [0.15, 0.2) is 0 Å². The quantitative estimate of drug-likeness (QED) is 0.603. The van der Waals surface area contributed by atoms with Crippen LogP contribution < -0.4 is 5.32 Å². The van der Waals surface area contributed by atoms with Crippen LogP contribution in [0.1, 0.15) is 26.7 Å². The van der Waals surface area contributed by atoms with E-state index in [0.29, 0.717) is 6.61 Å². The van der Waals surface area contributed by atoms with Gasteiger partial charge in [0.25, 0.3) is 0 Å². The number of halogens is 3. The maximum atomic E-state index is 11.9. The fourth-order valence-electron chi connectivity index (χ4n) is 1.63. The molecular formula is C13H16Br3NO2. The predicted molar refractivity (Wildman–Crippen MR) is 88.5 cm³/mol. The lowest BCUT2D eigenvalue weighted by Gasteiger charge is -2.20. The summed E-state index contributed by atoms with van der Waals surface area (Å²) in [5.74, 6) is -0.217. The van der Waals surface area contributed by atoms with E-state index >= 15 is 0 Å². The molecule has 3 nitrogen and oxygen atoms in total. The Morgan fingerprint density at radius 3 is 2.32 bits per heavy atom. The lowest BCUT2D eigenvalue weighted by molar-refractivity contribution is -0.144. The van der Waals surface area contributed by atoms with Gasteiger partial charge in [0, 0.05) is 13.4 Å². The largest absolute Gasteiger partial charge is 0.464 e. The molecule has 0 saturated heterocycles. The van der Waals surface area contributed by atoms with Crippen molar-refractivity contribution in [3.05, 3.63) is 25.6 Å². The van der Waals surface area contributed by atoms with Crippen molar-refractivity contribution < 1.29 is 9.53 Å². The van der Waals surface area contributed by atoms with Crippen molar-refractivity contribution in [2.24, 2.45) is 0 Å². The number of anilines is 1. The molecule has 19 heavy (non-hydrogen) atoms. The van der Waals surface area contributed by atoms with Gasteiger partial charge in [0.05, 0.1) is 12.3 Å². The Morgan fingerprint density at radius 2 is 1.84 bits per heavy atom. The van der Waals surface area contributed by atoms with Crippen LogP contribution in [0.4, 0.5) is 5.69 Å². The molecule has 0 fully saturated rings. The van der Waals surface area contributed by atoms with Crippen LogP contribution in [0.5, 0.6) is 0 Å². The first-order chi connectivity index (χ1) is 8.99. The van der Waals surface area contributed by atoms with Gasteiger partial charge in [0.2, 0.25) is 0 Å². The zero-order valence-electron chi connectivity index (χ0n) is 10.8. The highest BCUT2D eigenvalue weighted by atomic mass is 79.9. The number of benzene rings is 1. The smallest absolute Gasteiger partial charge is 0.328 e. The summed E-state index contributed by atoms with van der Waals surface area (Å²) in [6.45, 7) is 4.25. The average Bonchev–Trinajstić information content (AvgIpc) is 2.32. The maximum absolute atomic E-state index is 11.9. The number of hydrogen-bond donors (Lipinski definition) is 1. The van der Waals surface area contributed by atoms with Crippen LogP contribution in [0.15, 0.2) is 25.6 Å².